The van der Waals surface area contributed by atoms with Gasteiger partial charge in [-0.2, -0.15) is 0 Å². The fourth-order valence-corrected chi connectivity index (χ4v) is 3.12. The maximum atomic E-state index is 12.1. The highest BCUT2D eigenvalue weighted by Crippen LogP contribution is 2.45. The molecule has 0 N–H and O–H groups in total. The van der Waals surface area contributed by atoms with Gasteiger partial charge in [0.2, 0.25) is 0 Å². The van der Waals surface area contributed by atoms with Gasteiger partial charge in [-0.1, -0.05) is 26.3 Å². The van der Waals surface area contributed by atoms with Crippen molar-refractivity contribution in [3.8, 4) is 0 Å². The predicted octanol–water partition coefficient (Wildman–Crippen LogP) is 3.24. The first-order valence-electron chi connectivity index (χ1n) is 7.85. The van der Waals surface area contributed by atoms with Crippen molar-refractivity contribution in [2.45, 2.75) is 58.8 Å². The molecule has 0 aromatic carbocycles. The molecule has 2 atom stereocenters. The number of esters is 1. The van der Waals surface area contributed by atoms with Crippen molar-refractivity contribution in [2.24, 2.45) is 11.3 Å². The summed E-state index contributed by atoms with van der Waals surface area (Å²) in [6.45, 7) is 4.46. The van der Waals surface area contributed by atoms with E-state index in [0.29, 0.717) is 17.9 Å². The summed E-state index contributed by atoms with van der Waals surface area (Å²) in [5, 5.41) is 0. The predicted molar refractivity (Wildman–Crippen MR) is 80.8 cm³/mol. The van der Waals surface area contributed by atoms with Crippen molar-refractivity contribution in [2.75, 3.05) is 6.61 Å². The van der Waals surface area contributed by atoms with E-state index in [1.54, 1.807) is 0 Å². The Morgan fingerprint density at radius 2 is 2.10 bits per heavy atom. The third-order valence-corrected chi connectivity index (χ3v) is 4.60. The van der Waals surface area contributed by atoms with Gasteiger partial charge in [0.1, 0.15) is 12.6 Å². The number of hydrogen-bond acceptors (Lipinski definition) is 4. The van der Waals surface area contributed by atoms with Crippen LogP contribution in [-0.2, 0) is 19.1 Å². The fourth-order valence-electron chi connectivity index (χ4n) is 3.12. The average molecular weight is 294 g/mol. The Morgan fingerprint density at radius 3 is 2.71 bits per heavy atom. The van der Waals surface area contributed by atoms with Crippen LogP contribution in [0.3, 0.4) is 0 Å². The van der Waals surface area contributed by atoms with E-state index in [1.807, 2.05) is 0 Å². The minimum absolute atomic E-state index is 0.0765. The molecular formula is C17H26O4. The number of allylic oxidation sites excluding steroid dienone is 1. The summed E-state index contributed by atoms with van der Waals surface area (Å²) < 4.78 is 5.13. The number of rotatable bonds is 9. The standard InChI is InChI=1S/C17H26O4/c1-3-14(2)17(9-5-10-18)8-4-7-15(13-17)16(20)21-12-6-11-19/h10-11,13-14H,3-9,12H2,1-2H3/t14?,17-/m0/s1. The van der Waals surface area contributed by atoms with Crippen LogP contribution in [0.2, 0.25) is 0 Å². The number of aldehydes is 2. The Hall–Kier alpha value is -1.45. The molecule has 0 aliphatic heterocycles. The minimum Gasteiger partial charge on any atom is -0.462 e. The van der Waals surface area contributed by atoms with Crippen LogP contribution in [0.1, 0.15) is 58.8 Å². The number of hydrogen-bond donors (Lipinski definition) is 0. The molecule has 0 fully saturated rings. The second-order valence-electron chi connectivity index (χ2n) is 5.86. The average Bonchev–Trinajstić information content (AvgIpc) is 2.52. The van der Waals surface area contributed by atoms with Crippen LogP contribution in [0.15, 0.2) is 11.6 Å². The van der Waals surface area contributed by atoms with Gasteiger partial charge in [0.05, 0.1) is 6.61 Å². The SMILES string of the molecule is CCC(C)[C@@]1(CCC=O)C=C(C(=O)OCCC=O)CCC1. The lowest BCUT2D eigenvalue weighted by molar-refractivity contribution is -0.139. The molecule has 0 radical (unpaired) electrons. The highest BCUT2D eigenvalue weighted by molar-refractivity contribution is 5.88. The van der Waals surface area contributed by atoms with Gasteiger partial charge in [-0.05, 0) is 37.0 Å². The molecule has 1 unspecified atom stereocenters. The third kappa shape index (κ3) is 4.80. The highest BCUT2D eigenvalue weighted by atomic mass is 16.5. The number of ether oxygens (including phenoxy) is 1. The van der Waals surface area contributed by atoms with Gasteiger partial charge in [-0.25, -0.2) is 4.79 Å². The highest BCUT2D eigenvalue weighted by Gasteiger charge is 2.36. The van der Waals surface area contributed by atoms with E-state index < -0.39 is 0 Å². The van der Waals surface area contributed by atoms with Gasteiger partial charge < -0.3 is 14.3 Å². The first-order chi connectivity index (χ1) is 10.1. The van der Waals surface area contributed by atoms with E-state index in [2.05, 4.69) is 19.9 Å². The molecule has 0 spiro atoms. The maximum absolute atomic E-state index is 12.1. The Labute approximate surface area is 126 Å². The van der Waals surface area contributed by atoms with Crippen molar-refractivity contribution < 1.29 is 19.1 Å². The molecule has 4 heteroatoms. The number of carbonyl (C=O) groups is 3. The van der Waals surface area contributed by atoms with E-state index in [-0.39, 0.29) is 24.4 Å². The summed E-state index contributed by atoms with van der Waals surface area (Å²) in [5.74, 6) is 0.117. The van der Waals surface area contributed by atoms with Gasteiger partial charge in [0.15, 0.2) is 0 Å². The Balaban J connectivity index is 2.87. The largest absolute Gasteiger partial charge is 0.462 e. The topological polar surface area (TPSA) is 60.4 Å². The monoisotopic (exact) mass is 294 g/mol. The summed E-state index contributed by atoms with van der Waals surface area (Å²) in [6, 6.07) is 0. The number of carbonyl (C=O) groups excluding carboxylic acids is 3. The van der Waals surface area contributed by atoms with Crippen LogP contribution in [-0.4, -0.2) is 25.1 Å². The Bertz CT molecular complexity index is 400. The summed E-state index contributed by atoms with van der Waals surface area (Å²) in [6.07, 6.45) is 8.99. The Morgan fingerprint density at radius 1 is 1.38 bits per heavy atom. The molecule has 0 heterocycles. The second kappa shape index (κ2) is 8.75. The summed E-state index contributed by atoms with van der Waals surface area (Å²) in [4.78, 5) is 33.1. The molecular weight excluding hydrogens is 268 g/mol. The zero-order valence-corrected chi connectivity index (χ0v) is 13.1. The van der Waals surface area contributed by atoms with Crippen molar-refractivity contribution in [1.82, 2.24) is 0 Å². The van der Waals surface area contributed by atoms with Crippen LogP contribution >= 0.6 is 0 Å². The van der Waals surface area contributed by atoms with E-state index in [4.69, 9.17) is 4.74 Å². The van der Waals surface area contributed by atoms with Crippen LogP contribution < -0.4 is 0 Å². The van der Waals surface area contributed by atoms with Crippen molar-refractivity contribution in [3.63, 3.8) is 0 Å². The van der Waals surface area contributed by atoms with Gasteiger partial charge >= 0.3 is 5.97 Å². The van der Waals surface area contributed by atoms with Crippen molar-refractivity contribution >= 4 is 18.5 Å². The first kappa shape index (κ1) is 17.6. The molecule has 0 saturated carbocycles. The fraction of sp³-hybridized carbons (Fsp3) is 0.706. The van der Waals surface area contributed by atoms with Crippen LogP contribution in [0.4, 0.5) is 0 Å². The molecule has 0 amide bonds. The second-order valence-corrected chi connectivity index (χ2v) is 5.86. The lowest BCUT2D eigenvalue weighted by Gasteiger charge is -2.39. The Kier molecular flexibility index (Phi) is 7.34. The van der Waals surface area contributed by atoms with Crippen molar-refractivity contribution in [3.05, 3.63) is 11.6 Å². The van der Waals surface area contributed by atoms with E-state index in [0.717, 1.165) is 44.7 Å². The molecule has 0 aromatic heterocycles. The van der Waals surface area contributed by atoms with Gasteiger partial charge in [-0.15, -0.1) is 0 Å². The molecule has 4 nitrogen and oxygen atoms in total. The lowest BCUT2D eigenvalue weighted by Crippen LogP contribution is -2.31. The van der Waals surface area contributed by atoms with E-state index in [1.165, 1.54) is 0 Å². The van der Waals surface area contributed by atoms with Crippen molar-refractivity contribution in [1.29, 1.82) is 0 Å². The molecule has 1 rings (SSSR count). The zero-order valence-electron chi connectivity index (χ0n) is 13.1. The third-order valence-electron chi connectivity index (χ3n) is 4.60. The summed E-state index contributed by atoms with van der Waals surface area (Å²) >= 11 is 0. The molecule has 0 bridgehead atoms. The van der Waals surface area contributed by atoms with E-state index >= 15 is 0 Å². The molecule has 1 aliphatic carbocycles. The van der Waals surface area contributed by atoms with Gasteiger partial charge in [0.25, 0.3) is 0 Å². The van der Waals surface area contributed by atoms with Crippen LogP contribution in [0.5, 0.6) is 0 Å². The van der Waals surface area contributed by atoms with Crippen LogP contribution in [0, 0.1) is 11.3 Å². The lowest BCUT2D eigenvalue weighted by atomic mass is 9.65. The van der Waals surface area contributed by atoms with Crippen LogP contribution in [0.25, 0.3) is 0 Å². The minimum atomic E-state index is -0.310. The molecule has 1 aliphatic rings. The maximum Gasteiger partial charge on any atom is 0.333 e. The van der Waals surface area contributed by atoms with E-state index in [9.17, 15) is 14.4 Å². The quantitative estimate of drug-likeness (QED) is 0.372. The smallest absolute Gasteiger partial charge is 0.333 e. The van der Waals surface area contributed by atoms with Gasteiger partial charge in [-0.3, -0.25) is 0 Å². The zero-order chi connectivity index (χ0) is 15.7. The summed E-state index contributed by atoms with van der Waals surface area (Å²) in [7, 11) is 0. The van der Waals surface area contributed by atoms with Gasteiger partial charge in [0, 0.05) is 18.4 Å². The first-order valence-corrected chi connectivity index (χ1v) is 7.85. The molecule has 0 aromatic rings. The molecule has 0 saturated heterocycles. The molecule has 21 heavy (non-hydrogen) atoms. The summed E-state index contributed by atoms with van der Waals surface area (Å²) in [5.41, 5.74) is 0.630. The molecule has 118 valence electrons. The normalized spacial score (nSPS) is 23.0.